The average Bonchev–Trinajstić information content (AvgIpc) is 2.01. The summed E-state index contributed by atoms with van der Waals surface area (Å²) in [6.45, 7) is 8.28. The van der Waals surface area contributed by atoms with Crippen LogP contribution in [0.15, 0.2) is 28.9 Å². The monoisotopic (exact) mass is 219 g/mol. The van der Waals surface area contributed by atoms with Crippen molar-refractivity contribution in [3.05, 3.63) is 23.9 Å². The smallest absolute Gasteiger partial charge is 0.263 e. The minimum absolute atomic E-state index is 0.336. The molecule has 4 heteroatoms. The summed E-state index contributed by atoms with van der Waals surface area (Å²) >= 11 is 0. The highest BCUT2D eigenvalue weighted by molar-refractivity contribution is 5.82. The van der Waals surface area contributed by atoms with Crippen molar-refractivity contribution in [3.8, 4) is 0 Å². The van der Waals surface area contributed by atoms with Gasteiger partial charge < -0.3 is 0 Å². The van der Waals surface area contributed by atoms with Crippen molar-refractivity contribution in [3.63, 3.8) is 0 Å². The molecule has 0 aliphatic rings. The largest absolute Gasteiger partial charge is 0.415 e. The van der Waals surface area contributed by atoms with E-state index in [-0.39, 0.29) is 0 Å². The molecule has 0 saturated heterocycles. The third kappa shape index (κ3) is 6.10. The van der Waals surface area contributed by atoms with Crippen molar-refractivity contribution in [2.75, 3.05) is 0 Å². The van der Waals surface area contributed by atoms with Crippen molar-refractivity contribution in [1.29, 1.82) is 0 Å². The molecule has 1 nitrogen and oxygen atoms in total. The third-order valence-corrected chi connectivity index (χ3v) is 1.73. The van der Waals surface area contributed by atoms with E-state index in [1.54, 1.807) is 6.92 Å². The predicted molar refractivity (Wildman–Crippen MR) is 57.0 cm³/mol. The Hall–Kier alpha value is -1.06. The number of allylic oxidation sites excluding steroid dienone is 3. The van der Waals surface area contributed by atoms with E-state index in [0.717, 1.165) is 24.6 Å². The number of aliphatic imine (C=N–C) groups is 1. The minimum Gasteiger partial charge on any atom is -0.263 e. The second kappa shape index (κ2) is 5.73. The summed E-state index contributed by atoms with van der Waals surface area (Å²) < 4.78 is 36.3. The summed E-state index contributed by atoms with van der Waals surface area (Å²) in [5.41, 5.74) is 0.303. The molecule has 0 aliphatic carbocycles. The van der Waals surface area contributed by atoms with Gasteiger partial charge in [-0.2, -0.15) is 13.2 Å². The molecule has 0 aromatic carbocycles. The molecule has 86 valence electrons. The molecule has 0 fully saturated rings. The lowest BCUT2D eigenvalue weighted by atomic mass is 10.2. The summed E-state index contributed by atoms with van der Waals surface area (Å²) in [7, 11) is 0. The summed E-state index contributed by atoms with van der Waals surface area (Å²) in [6, 6.07) is 0. The van der Waals surface area contributed by atoms with Crippen molar-refractivity contribution >= 4 is 5.71 Å². The van der Waals surface area contributed by atoms with Gasteiger partial charge in [-0.05, 0) is 26.3 Å². The van der Waals surface area contributed by atoms with Gasteiger partial charge in [0, 0.05) is 11.4 Å². The number of rotatable bonds is 4. The maximum atomic E-state index is 12.1. The fourth-order valence-electron chi connectivity index (χ4n) is 1.09. The number of alkyl halides is 3. The van der Waals surface area contributed by atoms with Crippen LogP contribution in [0.5, 0.6) is 0 Å². The summed E-state index contributed by atoms with van der Waals surface area (Å²) in [5.74, 6) is 0. The van der Waals surface area contributed by atoms with Crippen molar-refractivity contribution in [2.24, 2.45) is 4.99 Å². The molecule has 0 aromatic heterocycles. The van der Waals surface area contributed by atoms with Crippen LogP contribution in [0.2, 0.25) is 0 Å². The van der Waals surface area contributed by atoms with E-state index >= 15 is 0 Å². The van der Waals surface area contributed by atoms with Crippen LogP contribution in [0.3, 0.4) is 0 Å². The Balaban J connectivity index is 4.58. The molecular weight excluding hydrogens is 203 g/mol. The normalized spacial score (nSPS) is 14.3. The lowest BCUT2D eigenvalue weighted by Gasteiger charge is -2.06. The zero-order chi connectivity index (χ0) is 12.1. The maximum absolute atomic E-state index is 12.1. The highest BCUT2D eigenvalue weighted by atomic mass is 19.4. The lowest BCUT2D eigenvalue weighted by molar-refractivity contribution is -0.0878. The van der Waals surface area contributed by atoms with Crippen LogP contribution in [0.4, 0.5) is 13.2 Å². The summed E-state index contributed by atoms with van der Waals surface area (Å²) in [4.78, 5) is 4.04. The molecule has 0 unspecified atom stereocenters. The second-order valence-electron chi connectivity index (χ2n) is 3.41. The zero-order valence-corrected chi connectivity index (χ0v) is 9.28. The van der Waals surface area contributed by atoms with Crippen molar-refractivity contribution in [2.45, 2.75) is 39.8 Å². The van der Waals surface area contributed by atoms with E-state index < -0.39 is 11.7 Å². The first-order valence-electron chi connectivity index (χ1n) is 4.76. The molecule has 0 amide bonds. The van der Waals surface area contributed by atoms with Gasteiger partial charge >= 0.3 is 6.18 Å². The van der Waals surface area contributed by atoms with Crippen LogP contribution in [-0.4, -0.2) is 11.9 Å². The topological polar surface area (TPSA) is 12.4 Å². The van der Waals surface area contributed by atoms with Crippen LogP contribution >= 0.6 is 0 Å². The van der Waals surface area contributed by atoms with Crippen LogP contribution in [0.1, 0.15) is 33.6 Å². The van der Waals surface area contributed by atoms with E-state index in [1.807, 2.05) is 6.92 Å². The first kappa shape index (κ1) is 13.9. The molecule has 0 rings (SSSR count). The Morgan fingerprint density at radius 2 is 1.87 bits per heavy atom. The molecule has 0 spiro atoms. The SMILES string of the molecule is C=C(/C=C(/C)N=C(C)CCC)C(F)(F)F. The lowest BCUT2D eigenvalue weighted by Crippen LogP contribution is -2.08. The molecule has 0 aromatic rings. The van der Waals surface area contributed by atoms with E-state index in [9.17, 15) is 13.2 Å². The quantitative estimate of drug-likeness (QED) is 0.494. The Morgan fingerprint density at radius 1 is 1.33 bits per heavy atom. The first-order valence-corrected chi connectivity index (χ1v) is 4.76. The predicted octanol–water partition coefficient (Wildman–Crippen LogP) is 4.27. The Kier molecular flexibility index (Phi) is 5.33. The van der Waals surface area contributed by atoms with E-state index in [0.29, 0.717) is 5.70 Å². The molecule has 0 saturated carbocycles. The van der Waals surface area contributed by atoms with Gasteiger partial charge in [-0.25, -0.2) is 0 Å². The Labute approximate surface area is 88.4 Å². The highest BCUT2D eigenvalue weighted by Gasteiger charge is 2.30. The van der Waals surface area contributed by atoms with Gasteiger partial charge in [0.25, 0.3) is 0 Å². The molecule has 0 radical (unpaired) electrons. The van der Waals surface area contributed by atoms with Gasteiger partial charge in [-0.3, -0.25) is 4.99 Å². The second-order valence-corrected chi connectivity index (χ2v) is 3.41. The van der Waals surface area contributed by atoms with Gasteiger partial charge in [0.05, 0.1) is 5.57 Å². The molecule has 0 bridgehead atoms. The van der Waals surface area contributed by atoms with Gasteiger partial charge in [-0.1, -0.05) is 19.9 Å². The molecule has 0 N–H and O–H groups in total. The van der Waals surface area contributed by atoms with Crippen LogP contribution in [-0.2, 0) is 0 Å². The summed E-state index contributed by atoms with van der Waals surface area (Å²) in [6.07, 6.45) is -1.68. The van der Waals surface area contributed by atoms with Crippen LogP contribution in [0.25, 0.3) is 0 Å². The van der Waals surface area contributed by atoms with Gasteiger partial charge in [0.1, 0.15) is 0 Å². The minimum atomic E-state index is -4.37. The summed E-state index contributed by atoms with van der Waals surface area (Å²) in [5, 5.41) is 0. The molecule has 0 heterocycles. The Bertz CT molecular complexity index is 285. The van der Waals surface area contributed by atoms with Gasteiger partial charge in [0.15, 0.2) is 0 Å². The number of halogens is 3. The van der Waals surface area contributed by atoms with E-state index in [2.05, 4.69) is 11.6 Å². The fourth-order valence-corrected chi connectivity index (χ4v) is 1.09. The highest BCUT2D eigenvalue weighted by Crippen LogP contribution is 2.25. The molecule has 0 aliphatic heterocycles. The van der Waals surface area contributed by atoms with Crippen molar-refractivity contribution in [1.82, 2.24) is 0 Å². The standard InChI is InChI=1S/C11H16F3N/c1-5-6-9(3)15-10(4)7-8(2)11(12,13)14/h7H,2,5-6H2,1,3-4H3/b10-7-,15-9?. The van der Waals surface area contributed by atoms with Gasteiger partial charge in [-0.15, -0.1) is 0 Å². The van der Waals surface area contributed by atoms with Crippen LogP contribution < -0.4 is 0 Å². The Morgan fingerprint density at radius 3 is 2.27 bits per heavy atom. The van der Waals surface area contributed by atoms with Crippen LogP contribution in [0, 0.1) is 0 Å². The zero-order valence-electron chi connectivity index (χ0n) is 9.28. The number of hydrogen-bond acceptors (Lipinski definition) is 1. The molecular formula is C11H16F3N. The maximum Gasteiger partial charge on any atom is 0.415 e. The average molecular weight is 219 g/mol. The molecule has 15 heavy (non-hydrogen) atoms. The molecule has 0 atom stereocenters. The fraction of sp³-hybridized carbons (Fsp3) is 0.545. The number of nitrogens with zero attached hydrogens (tertiary/aromatic N) is 1. The van der Waals surface area contributed by atoms with Gasteiger partial charge in [0.2, 0.25) is 0 Å². The van der Waals surface area contributed by atoms with E-state index in [1.165, 1.54) is 6.92 Å². The third-order valence-electron chi connectivity index (χ3n) is 1.73. The number of hydrogen-bond donors (Lipinski definition) is 0. The van der Waals surface area contributed by atoms with E-state index in [4.69, 9.17) is 0 Å². The van der Waals surface area contributed by atoms with Crippen molar-refractivity contribution < 1.29 is 13.2 Å². The first-order chi connectivity index (χ1) is 6.77.